The predicted octanol–water partition coefficient (Wildman–Crippen LogP) is 4.09. The Balaban J connectivity index is 1.79. The topological polar surface area (TPSA) is 56.2 Å². The van der Waals surface area contributed by atoms with Gasteiger partial charge in [0.25, 0.3) is 5.22 Å². The van der Waals surface area contributed by atoms with Crippen LogP contribution in [-0.4, -0.2) is 4.98 Å². The van der Waals surface area contributed by atoms with Gasteiger partial charge in [-0.2, -0.15) is 0 Å². The molecule has 2 heterocycles. The Morgan fingerprint density at radius 3 is 2.52 bits per heavy atom. The smallest absolute Gasteiger partial charge is 0.350 e. The Morgan fingerprint density at radius 2 is 1.67 bits per heavy atom. The van der Waals surface area contributed by atoms with Gasteiger partial charge in [-0.25, -0.2) is 9.78 Å². The number of aromatic nitrogens is 1. The summed E-state index contributed by atoms with van der Waals surface area (Å²) in [5.41, 5.74) is 1.65. The lowest BCUT2D eigenvalue weighted by molar-refractivity contribution is 0.487. The summed E-state index contributed by atoms with van der Waals surface area (Å²) in [6.07, 6.45) is 0. The normalized spacial score (nSPS) is 11.2. The molecule has 5 heteroatoms. The second-order valence-electron chi connectivity index (χ2n) is 4.49. The quantitative estimate of drug-likeness (QED) is 0.521. The van der Waals surface area contributed by atoms with Crippen LogP contribution in [0.1, 0.15) is 0 Å². The number of hydrogen-bond donors (Lipinski definition) is 0. The molecule has 0 unspecified atom stereocenters. The van der Waals surface area contributed by atoms with E-state index in [9.17, 15) is 4.79 Å². The van der Waals surface area contributed by atoms with Gasteiger partial charge in [0.2, 0.25) is 0 Å². The first-order chi connectivity index (χ1) is 10.3. The molecule has 0 aliphatic rings. The molecule has 0 radical (unpaired) electrons. The van der Waals surface area contributed by atoms with Crippen molar-refractivity contribution in [3.8, 4) is 0 Å². The number of hydrogen-bond acceptors (Lipinski definition) is 5. The molecule has 0 amide bonds. The van der Waals surface area contributed by atoms with Gasteiger partial charge in [-0.15, -0.1) is 0 Å². The minimum atomic E-state index is -0.388. The summed E-state index contributed by atoms with van der Waals surface area (Å²) in [6.45, 7) is 0. The minimum Gasteiger partial charge on any atom is -0.431 e. The number of oxazole rings is 1. The molecular weight excluding hydrogens is 286 g/mol. The first-order valence-electron chi connectivity index (χ1n) is 6.36. The van der Waals surface area contributed by atoms with Crippen LogP contribution in [-0.2, 0) is 0 Å². The third-order valence-corrected chi connectivity index (χ3v) is 3.93. The SMILES string of the molecule is O=c1oc2ccccc2cc1Sc1nc2ccccc2o1. The Hall–Kier alpha value is -2.53. The van der Waals surface area contributed by atoms with Crippen LogP contribution in [0.3, 0.4) is 0 Å². The van der Waals surface area contributed by atoms with Crippen LogP contribution in [0, 0.1) is 0 Å². The number of para-hydroxylation sites is 3. The van der Waals surface area contributed by atoms with E-state index in [-0.39, 0.29) is 5.63 Å². The number of rotatable bonds is 2. The molecule has 0 fully saturated rings. The minimum absolute atomic E-state index is 0.388. The molecule has 0 spiro atoms. The maximum Gasteiger partial charge on any atom is 0.350 e. The van der Waals surface area contributed by atoms with Crippen LogP contribution in [0.5, 0.6) is 0 Å². The average molecular weight is 295 g/mol. The Kier molecular flexibility index (Phi) is 2.79. The molecule has 0 saturated heterocycles. The van der Waals surface area contributed by atoms with Gasteiger partial charge < -0.3 is 8.83 Å². The highest BCUT2D eigenvalue weighted by Crippen LogP contribution is 2.29. The molecule has 0 aliphatic heterocycles. The fraction of sp³-hybridized carbons (Fsp3) is 0. The molecule has 0 N–H and O–H groups in total. The van der Waals surface area contributed by atoms with E-state index in [0.29, 0.717) is 21.3 Å². The van der Waals surface area contributed by atoms with Crippen molar-refractivity contribution in [2.45, 2.75) is 10.1 Å². The molecule has 0 bridgehead atoms. The highest BCUT2D eigenvalue weighted by molar-refractivity contribution is 7.99. The van der Waals surface area contributed by atoms with Gasteiger partial charge in [0.05, 0.1) is 0 Å². The summed E-state index contributed by atoms with van der Waals surface area (Å²) < 4.78 is 10.9. The summed E-state index contributed by atoms with van der Waals surface area (Å²) in [6, 6.07) is 16.7. The zero-order valence-electron chi connectivity index (χ0n) is 10.8. The highest BCUT2D eigenvalue weighted by Gasteiger charge is 2.11. The van der Waals surface area contributed by atoms with E-state index in [1.165, 1.54) is 11.8 Å². The van der Waals surface area contributed by atoms with E-state index in [1.807, 2.05) is 42.5 Å². The zero-order valence-corrected chi connectivity index (χ0v) is 11.6. The predicted molar refractivity (Wildman–Crippen MR) is 80.6 cm³/mol. The van der Waals surface area contributed by atoms with E-state index in [1.54, 1.807) is 12.1 Å². The van der Waals surface area contributed by atoms with Gasteiger partial charge in [-0.3, -0.25) is 0 Å². The van der Waals surface area contributed by atoms with Crippen LogP contribution in [0.4, 0.5) is 0 Å². The van der Waals surface area contributed by atoms with Crippen LogP contribution in [0.25, 0.3) is 22.1 Å². The summed E-state index contributed by atoms with van der Waals surface area (Å²) >= 11 is 1.17. The lowest BCUT2D eigenvalue weighted by Crippen LogP contribution is -2.01. The van der Waals surface area contributed by atoms with E-state index in [4.69, 9.17) is 8.83 Å². The first kappa shape index (κ1) is 12.2. The number of nitrogens with zero attached hydrogens (tertiary/aromatic N) is 1. The average Bonchev–Trinajstić information content (AvgIpc) is 2.90. The van der Waals surface area contributed by atoms with E-state index in [0.717, 1.165) is 10.9 Å². The standard InChI is InChI=1S/C16H9NO3S/c18-15-14(9-10-5-1-3-7-12(10)19-15)21-16-17-11-6-2-4-8-13(11)20-16/h1-9H. The molecule has 0 saturated carbocycles. The second kappa shape index (κ2) is 4.79. The molecule has 4 rings (SSSR count). The summed E-state index contributed by atoms with van der Waals surface area (Å²) in [5, 5.41) is 1.30. The fourth-order valence-corrected chi connectivity index (χ4v) is 2.88. The maximum absolute atomic E-state index is 12.0. The van der Waals surface area contributed by atoms with Crippen molar-refractivity contribution in [3.63, 3.8) is 0 Å². The molecular formula is C16H9NO3S. The van der Waals surface area contributed by atoms with Gasteiger partial charge in [0.15, 0.2) is 5.58 Å². The number of benzene rings is 2. The van der Waals surface area contributed by atoms with Gasteiger partial charge in [0.1, 0.15) is 16.0 Å². The van der Waals surface area contributed by atoms with Gasteiger partial charge >= 0.3 is 5.63 Å². The summed E-state index contributed by atoms with van der Waals surface area (Å²) in [5.74, 6) is 0. The maximum atomic E-state index is 12.0. The first-order valence-corrected chi connectivity index (χ1v) is 7.17. The monoisotopic (exact) mass is 295 g/mol. The van der Waals surface area contributed by atoms with Gasteiger partial charge in [-0.05, 0) is 36.0 Å². The van der Waals surface area contributed by atoms with Crippen molar-refractivity contribution in [2.24, 2.45) is 0 Å². The van der Waals surface area contributed by atoms with Crippen LogP contribution in [0.15, 0.2) is 78.3 Å². The van der Waals surface area contributed by atoms with Gasteiger partial charge in [-0.1, -0.05) is 30.3 Å². The van der Waals surface area contributed by atoms with Crippen molar-refractivity contribution in [1.29, 1.82) is 0 Å². The third kappa shape index (κ3) is 2.21. The van der Waals surface area contributed by atoms with E-state index in [2.05, 4.69) is 4.98 Å². The van der Waals surface area contributed by atoms with Crippen LogP contribution >= 0.6 is 11.8 Å². The van der Waals surface area contributed by atoms with Crippen molar-refractivity contribution in [1.82, 2.24) is 4.98 Å². The molecule has 2 aromatic heterocycles. The lowest BCUT2D eigenvalue weighted by Gasteiger charge is -1.98. The third-order valence-electron chi connectivity index (χ3n) is 3.08. The Labute approximate surface area is 123 Å². The van der Waals surface area contributed by atoms with Crippen molar-refractivity contribution >= 4 is 33.8 Å². The van der Waals surface area contributed by atoms with Crippen molar-refractivity contribution in [3.05, 3.63) is 65.0 Å². The van der Waals surface area contributed by atoms with E-state index < -0.39 is 0 Å². The molecule has 21 heavy (non-hydrogen) atoms. The lowest BCUT2D eigenvalue weighted by atomic mass is 10.2. The summed E-state index contributed by atoms with van der Waals surface area (Å²) in [7, 11) is 0. The molecule has 4 nitrogen and oxygen atoms in total. The zero-order chi connectivity index (χ0) is 14.2. The molecule has 2 aromatic carbocycles. The van der Waals surface area contributed by atoms with Crippen LogP contribution < -0.4 is 5.63 Å². The summed E-state index contributed by atoms with van der Waals surface area (Å²) in [4.78, 5) is 16.8. The van der Waals surface area contributed by atoms with Crippen molar-refractivity contribution < 1.29 is 8.83 Å². The molecule has 0 atom stereocenters. The van der Waals surface area contributed by atoms with E-state index >= 15 is 0 Å². The number of fused-ring (bicyclic) bond motifs is 2. The molecule has 0 aliphatic carbocycles. The van der Waals surface area contributed by atoms with Crippen LogP contribution in [0.2, 0.25) is 0 Å². The highest BCUT2D eigenvalue weighted by atomic mass is 32.2. The fourth-order valence-electron chi connectivity index (χ4n) is 2.10. The second-order valence-corrected chi connectivity index (χ2v) is 5.48. The van der Waals surface area contributed by atoms with Gasteiger partial charge in [0, 0.05) is 5.39 Å². The Morgan fingerprint density at radius 1 is 0.905 bits per heavy atom. The molecule has 4 aromatic rings. The largest absolute Gasteiger partial charge is 0.431 e. The van der Waals surface area contributed by atoms with Crippen molar-refractivity contribution in [2.75, 3.05) is 0 Å². The molecule has 102 valence electrons. The Bertz CT molecular complexity index is 970.